The molecule has 0 spiro atoms. The number of hydrogen-bond donors (Lipinski definition) is 1. The van der Waals surface area contributed by atoms with E-state index in [1.165, 1.54) is 0 Å². The first-order valence-electron chi connectivity index (χ1n) is 4.09. The van der Waals surface area contributed by atoms with Gasteiger partial charge in [0.25, 0.3) is 6.43 Å². The summed E-state index contributed by atoms with van der Waals surface area (Å²) in [6, 6.07) is 0.662. The Balaban J connectivity index is 2.92. The monoisotopic (exact) mass is 285 g/mol. The largest absolute Gasteiger partial charge is 0.323 e. The van der Waals surface area contributed by atoms with E-state index in [1.54, 1.807) is 0 Å². The molecular formula is C9H8BrF4N. The lowest BCUT2D eigenvalue weighted by Gasteiger charge is -2.11. The van der Waals surface area contributed by atoms with Gasteiger partial charge in [0.15, 0.2) is 0 Å². The zero-order valence-electron chi connectivity index (χ0n) is 7.48. The van der Waals surface area contributed by atoms with Crippen LogP contribution in [-0.4, -0.2) is 12.5 Å². The third-order valence-electron chi connectivity index (χ3n) is 1.89. The van der Waals surface area contributed by atoms with Crippen LogP contribution in [0.3, 0.4) is 0 Å². The van der Waals surface area contributed by atoms with Crippen LogP contribution in [0.15, 0.2) is 16.6 Å². The van der Waals surface area contributed by atoms with Crippen LogP contribution in [-0.2, 0) is 6.42 Å². The van der Waals surface area contributed by atoms with Crippen molar-refractivity contribution in [3.63, 3.8) is 0 Å². The molecule has 0 aliphatic carbocycles. The quantitative estimate of drug-likeness (QED) is 0.671. The predicted octanol–water partition coefficient (Wildman–Crippen LogP) is 2.86. The van der Waals surface area contributed by atoms with Crippen molar-refractivity contribution in [1.29, 1.82) is 0 Å². The standard InChI is InChI=1S/C9H8BrF4N/c10-7-5(11)2-1-4(8(7)12)3-6(15)9(13)14/h1-2,6,9H,3,15H2. The number of benzene rings is 1. The second kappa shape index (κ2) is 4.94. The summed E-state index contributed by atoms with van der Waals surface area (Å²) in [5.41, 5.74) is 5.05. The van der Waals surface area contributed by atoms with E-state index in [1.807, 2.05) is 0 Å². The fraction of sp³-hybridized carbons (Fsp3) is 0.333. The fourth-order valence-electron chi connectivity index (χ4n) is 1.07. The summed E-state index contributed by atoms with van der Waals surface area (Å²) in [4.78, 5) is 0. The lowest BCUT2D eigenvalue weighted by Crippen LogP contribution is -2.31. The molecule has 6 heteroatoms. The van der Waals surface area contributed by atoms with E-state index in [9.17, 15) is 17.6 Å². The highest BCUT2D eigenvalue weighted by atomic mass is 79.9. The molecule has 15 heavy (non-hydrogen) atoms. The van der Waals surface area contributed by atoms with Crippen molar-refractivity contribution in [3.05, 3.63) is 33.8 Å². The molecule has 1 nitrogen and oxygen atoms in total. The van der Waals surface area contributed by atoms with Crippen LogP contribution >= 0.6 is 15.9 Å². The summed E-state index contributed by atoms with van der Waals surface area (Å²) < 4.78 is 49.9. The topological polar surface area (TPSA) is 26.0 Å². The molecular weight excluding hydrogens is 278 g/mol. The van der Waals surface area contributed by atoms with Gasteiger partial charge in [-0.15, -0.1) is 0 Å². The molecule has 1 rings (SSSR count). The Morgan fingerprint density at radius 3 is 2.40 bits per heavy atom. The van der Waals surface area contributed by atoms with Crippen LogP contribution < -0.4 is 5.73 Å². The summed E-state index contributed by atoms with van der Waals surface area (Å²) in [6.45, 7) is 0. The van der Waals surface area contributed by atoms with Crippen molar-refractivity contribution in [2.75, 3.05) is 0 Å². The molecule has 0 radical (unpaired) electrons. The average molecular weight is 286 g/mol. The van der Waals surface area contributed by atoms with E-state index < -0.39 is 24.1 Å². The van der Waals surface area contributed by atoms with Crippen molar-refractivity contribution < 1.29 is 17.6 Å². The minimum absolute atomic E-state index is 0.0314. The third kappa shape index (κ3) is 2.92. The minimum Gasteiger partial charge on any atom is -0.323 e. The highest BCUT2D eigenvalue weighted by molar-refractivity contribution is 9.10. The summed E-state index contributed by atoms with van der Waals surface area (Å²) >= 11 is 2.68. The normalized spacial score (nSPS) is 13.3. The lowest BCUT2D eigenvalue weighted by molar-refractivity contribution is 0.115. The van der Waals surface area contributed by atoms with Crippen LogP contribution in [0.5, 0.6) is 0 Å². The van der Waals surface area contributed by atoms with Crippen molar-refractivity contribution in [3.8, 4) is 0 Å². The second-order valence-corrected chi connectivity index (χ2v) is 3.83. The van der Waals surface area contributed by atoms with E-state index >= 15 is 0 Å². The molecule has 1 aromatic carbocycles. The van der Waals surface area contributed by atoms with E-state index in [-0.39, 0.29) is 16.5 Å². The Bertz CT molecular complexity index is 356. The Kier molecular flexibility index (Phi) is 4.10. The molecule has 1 unspecified atom stereocenters. The van der Waals surface area contributed by atoms with E-state index in [4.69, 9.17) is 5.73 Å². The molecule has 0 saturated heterocycles. The van der Waals surface area contributed by atoms with Crippen molar-refractivity contribution in [1.82, 2.24) is 0 Å². The van der Waals surface area contributed by atoms with Crippen LogP contribution in [0, 0.1) is 11.6 Å². The number of hydrogen-bond acceptors (Lipinski definition) is 1. The molecule has 0 heterocycles. The fourth-order valence-corrected chi connectivity index (χ4v) is 1.45. The highest BCUT2D eigenvalue weighted by Crippen LogP contribution is 2.23. The average Bonchev–Trinajstić information content (AvgIpc) is 2.18. The van der Waals surface area contributed by atoms with Gasteiger partial charge in [-0.05, 0) is 34.0 Å². The molecule has 0 aliphatic heterocycles. The molecule has 1 atom stereocenters. The van der Waals surface area contributed by atoms with Gasteiger partial charge in [0.2, 0.25) is 0 Å². The zero-order valence-corrected chi connectivity index (χ0v) is 9.07. The van der Waals surface area contributed by atoms with Crippen molar-refractivity contribution >= 4 is 15.9 Å². The molecule has 0 amide bonds. The first kappa shape index (κ1) is 12.4. The van der Waals surface area contributed by atoms with Crippen LogP contribution in [0.4, 0.5) is 17.6 Å². The van der Waals surface area contributed by atoms with Gasteiger partial charge in [0, 0.05) is 0 Å². The summed E-state index contributed by atoms with van der Waals surface area (Å²) in [5, 5.41) is 0. The summed E-state index contributed by atoms with van der Waals surface area (Å²) in [7, 11) is 0. The number of halogens is 5. The van der Waals surface area contributed by atoms with E-state index in [0.717, 1.165) is 12.1 Å². The molecule has 0 aliphatic rings. The molecule has 84 valence electrons. The molecule has 0 aromatic heterocycles. The zero-order chi connectivity index (χ0) is 11.6. The maximum Gasteiger partial charge on any atom is 0.253 e. The number of alkyl halides is 2. The maximum absolute atomic E-state index is 13.3. The summed E-state index contributed by atoms with van der Waals surface area (Å²) in [6.07, 6.45) is -3.06. The Hall–Kier alpha value is -0.620. The van der Waals surface area contributed by atoms with Gasteiger partial charge in [0.05, 0.1) is 10.5 Å². The summed E-state index contributed by atoms with van der Waals surface area (Å²) in [5.74, 6) is -1.66. The van der Waals surface area contributed by atoms with Gasteiger partial charge in [0.1, 0.15) is 11.6 Å². The smallest absolute Gasteiger partial charge is 0.253 e. The first-order chi connectivity index (χ1) is 6.93. The van der Waals surface area contributed by atoms with Crippen molar-refractivity contribution in [2.24, 2.45) is 5.73 Å². The molecule has 0 bridgehead atoms. The van der Waals surface area contributed by atoms with Gasteiger partial charge >= 0.3 is 0 Å². The van der Waals surface area contributed by atoms with Crippen LogP contribution in [0.1, 0.15) is 5.56 Å². The number of nitrogens with two attached hydrogens (primary N) is 1. The first-order valence-corrected chi connectivity index (χ1v) is 4.89. The Morgan fingerprint density at radius 1 is 1.27 bits per heavy atom. The van der Waals surface area contributed by atoms with Gasteiger partial charge in [-0.25, -0.2) is 17.6 Å². The minimum atomic E-state index is -2.73. The second-order valence-electron chi connectivity index (χ2n) is 3.04. The molecule has 0 fully saturated rings. The number of rotatable bonds is 3. The van der Waals surface area contributed by atoms with Gasteiger partial charge < -0.3 is 5.73 Å². The Labute approximate surface area is 92.4 Å². The lowest BCUT2D eigenvalue weighted by atomic mass is 10.1. The third-order valence-corrected chi connectivity index (χ3v) is 2.62. The predicted molar refractivity (Wildman–Crippen MR) is 51.7 cm³/mol. The van der Waals surface area contributed by atoms with Crippen LogP contribution in [0.2, 0.25) is 0 Å². The maximum atomic E-state index is 13.3. The van der Waals surface area contributed by atoms with Gasteiger partial charge in [-0.2, -0.15) is 0 Å². The van der Waals surface area contributed by atoms with Crippen LogP contribution in [0.25, 0.3) is 0 Å². The van der Waals surface area contributed by atoms with E-state index in [2.05, 4.69) is 15.9 Å². The van der Waals surface area contributed by atoms with E-state index in [0.29, 0.717) is 0 Å². The highest BCUT2D eigenvalue weighted by Gasteiger charge is 2.19. The molecule has 2 N–H and O–H groups in total. The van der Waals surface area contributed by atoms with Gasteiger partial charge in [-0.3, -0.25) is 0 Å². The molecule has 0 saturated carbocycles. The van der Waals surface area contributed by atoms with Crippen molar-refractivity contribution in [2.45, 2.75) is 18.9 Å². The SMILES string of the molecule is NC(Cc1ccc(F)c(Br)c1F)C(F)F. The molecule has 1 aromatic rings. The Morgan fingerprint density at radius 2 is 1.87 bits per heavy atom. The van der Waals surface area contributed by atoms with Gasteiger partial charge in [-0.1, -0.05) is 6.07 Å².